The number of rotatable bonds is 3. The van der Waals surface area contributed by atoms with Crippen LogP contribution in [0.15, 0.2) is 23.3 Å². The minimum Gasteiger partial charge on any atom is -0.508 e. The average molecular weight is 224 g/mol. The first-order valence-electron chi connectivity index (χ1n) is 4.61. The quantitative estimate of drug-likeness (QED) is 0.531. The number of carbonyl (C=O) groups is 1. The SMILES string of the molecule is CCOC(=O)N/N=C/c1ccc(O)cc1O. The van der Waals surface area contributed by atoms with Gasteiger partial charge in [-0.1, -0.05) is 0 Å². The number of carbonyl (C=O) groups excluding carboxylic acids is 1. The van der Waals surface area contributed by atoms with Crippen LogP contribution in [0.1, 0.15) is 12.5 Å². The lowest BCUT2D eigenvalue weighted by molar-refractivity contribution is 0.152. The normalized spacial score (nSPS) is 10.3. The van der Waals surface area contributed by atoms with Crippen LogP contribution < -0.4 is 5.43 Å². The summed E-state index contributed by atoms with van der Waals surface area (Å²) in [6.45, 7) is 1.93. The van der Waals surface area contributed by atoms with Crippen molar-refractivity contribution in [2.75, 3.05) is 6.61 Å². The Bertz CT molecular complexity index is 404. The minimum absolute atomic E-state index is 0.0481. The lowest BCUT2D eigenvalue weighted by Crippen LogP contribution is -2.18. The highest BCUT2D eigenvalue weighted by molar-refractivity contribution is 5.84. The first-order chi connectivity index (χ1) is 7.63. The van der Waals surface area contributed by atoms with E-state index < -0.39 is 6.09 Å². The third-order valence-corrected chi connectivity index (χ3v) is 1.65. The zero-order valence-corrected chi connectivity index (χ0v) is 8.67. The van der Waals surface area contributed by atoms with Crippen molar-refractivity contribution in [3.8, 4) is 11.5 Å². The van der Waals surface area contributed by atoms with Crippen molar-refractivity contribution in [1.29, 1.82) is 0 Å². The van der Waals surface area contributed by atoms with Gasteiger partial charge in [0, 0.05) is 11.6 Å². The summed E-state index contributed by atoms with van der Waals surface area (Å²) in [6.07, 6.45) is 0.572. The lowest BCUT2D eigenvalue weighted by Gasteiger charge is -2.00. The Hall–Kier alpha value is -2.24. The Labute approximate surface area is 92.2 Å². The van der Waals surface area contributed by atoms with Gasteiger partial charge in [0.15, 0.2) is 0 Å². The fourth-order valence-corrected chi connectivity index (χ4v) is 0.959. The van der Waals surface area contributed by atoms with Gasteiger partial charge in [-0.15, -0.1) is 0 Å². The van der Waals surface area contributed by atoms with E-state index in [0.717, 1.165) is 0 Å². The molecule has 0 heterocycles. The minimum atomic E-state index is -0.669. The standard InChI is InChI=1S/C10H12N2O4/c1-2-16-10(15)12-11-6-7-3-4-8(13)5-9(7)14/h3-6,13-14H,2H2,1H3,(H,12,15)/b11-6+. The molecule has 6 heteroatoms. The number of benzene rings is 1. The van der Waals surface area contributed by atoms with Gasteiger partial charge in [-0.05, 0) is 19.1 Å². The average Bonchev–Trinajstić information content (AvgIpc) is 2.22. The van der Waals surface area contributed by atoms with E-state index in [1.54, 1.807) is 6.92 Å². The van der Waals surface area contributed by atoms with E-state index in [2.05, 4.69) is 15.3 Å². The second-order valence-electron chi connectivity index (χ2n) is 2.83. The highest BCUT2D eigenvalue weighted by Gasteiger charge is 2.00. The molecule has 86 valence electrons. The summed E-state index contributed by atoms with van der Waals surface area (Å²) < 4.78 is 4.56. The maximum absolute atomic E-state index is 10.8. The number of aromatic hydroxyl groups is 2. The highest BCUT2D eigenvalue weighted by atomic mass is 16.5. The third kappa shape index (κ3) is 3.49. The number of hydrogen-bond acceptors (Lipinski definition) is 5. The molecule has 0 radical (unpaired) electrons. The molecule has 0 atom stereocenters. The van der Waals surface area contributed by atoms with E-state index in [1.807, 2.05) is 0 Å². The molecule has 16 heavy (non-hydrogen) atoms. The molecule has 1 rings (SSSR count). The molecule has 0 aliphatic heterocycles. The third-order valence-electron chi connectivity index (χ3n) is 1.65. The Balaban J connectivity index is 2.59. The van der Waals surface area contributed by atoms with E-state index in [9.17, 15) is 9.90 Å². The number of amides is 1. The van der Waals surface area contributed by atoms with Gasteiger partial charge in [0.2, 0.25) is 0 Å². The molecule has 0 aliphatic carbocycles. The Morgan fingerprint density at radius 2 is 2.31 bits per heavy atom. The fourth-order valence-electron chi connectivity index (χ4n) is 0.959. The monoisotopic (exact) mass is 224 g/mol. The molecule has 0 unspecified atom stereocenters. The summed E-state index contributed by atoms with van der Waals surface area (Å²) in [5, 5.41) is 22.0. The predicted octanol–water partition coefficient (Wildman–Crippen LogP) is 1.18. The number of hydrogen-bond donors (Lipinski definition) is 3. The van der Waals surface area contributed by atoms with Gasteiger partial charge < -0.3 is 14.9 Å². The van der Waals surface area contributed by atoms with Crippen LogP contribution in [0, 0.1) is 0 Å². The van der Waals surface area contributed by atoms with Crippen LogP contribution in [0.5, 0.6) is 11.5 Å². The number of nitrogens with zero attached hydrogens (tertiary/aromatic N) is 1. The van der Waals surface area contributed by atoms with Crippen molar-refractivity contribution >= 4 is 12.3 Å². The zero-order chi connectivity index (χ0) is 12.0. The number of ether oxygens (including phenoxy) is 1. The van der Waals surface area contributed by atoms with Gasteiger partial charge in [-0.25, -0.2) is 10.2 Å². The summed E-state index contributed by atoms with van der Waals surface area (Å²) in [5.74, 6) is -0.178. The van der Waals surface area contributed by atoms with Crippen molar-refractivity contribution in [2.24, 2.45) is 5.10 Å². The smallest absolute Gasteiger partial charge is 0.427 e. The first kappa shape index (κ1) is 11.8. The molecule has 0 aliphatic rings. The number of hydrazone groups is 1. The Morgan fingerprint density at radius 1 is 1.56 bits per heavy atom. The van der Waals surface area contributed by atoms with Gasteiger partial charge in [-0.2, -0.15) is 5.10 Å². The van der Waals surface area contributed by atoms with Gasteiger partial charge in [0.05, 0.1) is 12.8 Å². The van der Waals surface area contributed by atoms with E-state index in [0.29, 0.717) is 5.56 Å². The van der Waals surface area contributed by atoms with Crippen LogP contribution >= 0.6 is 0 Å². The first-order valence-corrected chi connectivity index (χ1v) is 4.61. The molecule has 1 aromatic carbocycles. The summed E-state index contributed by atoms with van der Waals surface area (Å²) in [6, 6.07) is 4.03. The summed E-state index contributed by atoms with van der Waals surface area (Å²) >= 11 is 0. The van der Waals surface area contributed by atoms with Crippen molar-refractivity contribution in [3.63, 3.8) is 0 Å². The maximum Gasteiger partial charge on any atom is 0.427 e. The molecule has 6 nitrogen and oxygen atoms in total. The molecular weight excluding hydrogens is 212 g/mol. The van der Waals surface area contributed by atoms with Crippen LogP contribution in [-0.4, -0.2) is 29.1 Å². The lowest BCUT2D eigenvalue weighted by atomic mass is 10.2. The van der Waals surface area contributed by atoms with Crippen molar-refractivity contribution in [1.82, 2.24) is 5.43 Å². The van der Waals surface area contributed by atoms with Gasteiger partial charge in [0.25, 0.3) is 0 Å². The van der Waals surface area contributed by atoms with Crippen LogP contribution in [0.4, 0.5) is 4.79 Å². The van der Waals surface area contributed by atoms with E-state index in [1.165, 1.54) is 24.4 Å². The van der Waals surface area contributed by atoms with E-state index >= 15 is 0 Å². The molecule has 0 saturated heterocycles. The summed E-state index contributed by atoms with van der Waals surface area (Å²) in [4.78, 5) is 10.8. The summed E-state index contributed by atoms with van der Waals surface area (Å²) in [7, 11) is 0. The zero-order valence-electron chi connectivity index (χ0n) is 8.67. The second kappa shape index (κ2) is 5.59. The van der Waals surface area contributed by atoms with Crippen LogP contribution in [0.3, 0.4) is 0 Å². The predicted molar refractivity (Wildman–Crippen MR) is 57.5 cm³/mol. The second-order valence-corrected chi connectivity index (χ2v) is 2.83. The number of phenolic OH excluding ortho intramolecular Hbond substituents is 2. The van der Waals surface area contributed by atoms with Crippen LogP contribution in [0.2, 0.25) is 0 Å². The molecule has 0 fully saturated rings. The van der Waals surface area contributed by atoms with Crippen molar-refractivity contribution < 1.29 is 19.7 Å². The largest absolute Gasteiger partial charge is 0.508 e. The fraction of sp³-hybridized carbons (Fsp3) is 0.200. The van der Waals surface area contributed by atoms with Gasteiger partial charge in [-0.3, -0.25) is 0 Å². The van der Waals surface area contributed by atoms with Crippen LogP contribution in [-0.2, 0) is 4.74 Å². The molecule has 0 saturated carbocycles. The molecule has 1 aromatic rings. The molecule has 0 spiro atoms. The van der Waals surface area contributed by atoms with Crippen molar-refractivity contribution in [2.45, 2.75) is 6.92 Å². The molecule has 3 N–H and O–H groups in total. The summed E-state index contributed by atoms with van der Waals surface area (Å²) in [5.41, 5.74) is 2.48. The van der Waals surface area contributed by atoms with E-state index in [4.69, 9.17) is 5.11 Å². The molecular formula is C10H12N2O4. The Morgan fingerprint density at radius 3 is 2.94 bits per heavy atom. The molecule has 0 aromatic heterocycles. The topological polar surface area (TPSA) is 91.2 Å². The maximum atomic E-state index is 10.8. The van der Waals surface area contributed by atoms with E-state index in [-0.39, 0.29) is 18.1 Å². The molecule has 1 amide bonds. The highest BCUT2D eigenvalue weighted by Crippen LogP contribution is 2.20. The van der Waals surface area contributed by atoms with Crippen LogP contribution in [0.25, 0.3) is 0 Å². The molecule has 0 bridgehead atoms. The van der Waals surface area contributed by atoms with Gasteiger partial charge >= 0.3 is 6.09 Å². The Kier molecular flexibility index (Phi) is 4.14. The number of nitrogens with one attached hydrogen (secondary N) is 1. The number of phenols is 2. The van der Waals surface area contributed by atoms with Gasteiger partial charge in [0.1, 0.15) is 11.5 Å². The van der Waals surface area contributed by atoms with Crippen molar-refractivity contribution in [3.05, 3.63) is 23.8 Å².